The number of phenolic OH excluding ortho intramolecular Hbond substituents is 1. The average molecular weight is 502 g/mol. The van der Waals surface area contributed by atoms with Gasteiger partial charge in [-0.15, -0.1) is 0 Å². The SMILES string of the molecule is C.CS.C[C@@](O)(CO)C1CCCN(Cc2ccc(/C(N)=C/N(N)c3cccc(C#N)c3)cc2O)C1. The fourth-order valence-corrected chi connectivity index (χ4v) is 3.99. The summed E-state index contributed by atoms with van der Waals surface area (Å²) in [6.07, 6.45) is 5.02. The number of thiol groups is 1. The van der Waals surface area contributed by atoms with E-state index in [1.54, 1.807) is 43.5 Å². The number of phenols is 1. The van der Waals surface area contributed by atoms with E-state index >= 15 is 0 Å². The van der Waals surface area contributed by atoms with Crippen molar-refractivity contribution in [3.8, 4) is 11.8 Å². The minimum atomic E-state index is -1.11. The Morgan fingerprint density at radius 2 is 2.03 bits per heavy atom. The fraction of sp³-hybridized carbons (Fsp3) is 0.423. The molecule has 2 aromatic carbocycles. The number of nitrogens with two attached hydrogens (primary N) is 2. The van der Waals surface area contributed by atoms with Crippen LogP contribution < -0.4 is 16.6 Å². The summed E-state index contributed by atoms with van der Waals surface area (Å²) in [5, 5.41) is 40.8. The minimum absolute atomic E-state index is 0. The highest BCUT2D eigenvalue weighted by Crippen LogP contribution is 2.30. The Morgan fingerprint density at radius 3 is 2.66 bits per heavy atom. The molecule has 3 rings (SSSR count). The predicted molar refractivity (Wildman–Crippen MR) is 145 cm³/mol. The van der Waals surface area contributed by atoms with E-state index in [0.29, 0.717) is 35.6 Å². The van der Waals surface area contributed by atoms with E-state index in [9.17, 15) is 15.3 Å². The van der Waals surface area contributed by atoms with E-state index in [-0.39, 0.29) is 25.7 Å². The van der Waals surface area contributed by atoms with Crippen molar-refractivity contribution >= 4 is 24.0 Å². The Balaban J connectivity index is 0.00000199. The van der Waals surface area contributed by atoms with Crippen molar-refractivity contribution in [2.24, 2.45) is 17.5 Å². The zero-order valence-corrected chi connectivity index (χ0v) is 20.6. The molecule has 0 bridgehead atoms. The van der Waals surface area contributed by atoms with Gasteiger partial charge in [0.25, 0.3) is 0 Å². The van der Waals surface area contributed by atoms with Crippen LogP contribution in [-0.2, 0) is 6.54 Å². The van der Waals surface area contributed by atoms with E-state index < -0.39 is 5.60 Å². The van der Waals surface area contributed by atoms with Gasteiger partial charge in [0.1, 0.15) is 5.75 Å². The van der Waals surface area contributed by atoms with Gasteiger partial charge in [-0.25, -0.2) is 5.84 Å². The lowest BCUT2D eigenvalue weighted by molar-refractivity contribution is -0.0697. The lowest BCUT2D eigenvalue weighted by Crippen LogP contribution is -2.47. The lowest BCUT2D eigenvalue weighted by atomic mass is 9.83. The third-order valence-electron chi connectivity index (χ3n) is 6.07. The van der Waals surface area contributed by atoms with Gasteiger partial charge in [0, 0.05) is 36.3 Å². The maximum Gasteiger partial charge on any atom is 0.120 e. The molecule has 1 aliphatic heterocycles. The second kappa shape index (κ2) is 14.0. The van der Waals surface area contributed by atoms with Gasteiger partial charge in [-0.2, -0.15) is 17.9 Å². The van der Waals surface area contributed by atoms with Gasteiger partial charge < -0.3 is 21.1 Å². The van der Waals surface area contributed by atoms with Crippen LogP contribution in [-0.4, -0.2) is 51.8 Å². The summed E-state index contributed by atoms with van der Waals surface area (Å²) in [7, 11) is 0. The molecule has 0 aliphatic carbocycles. The second-order valence-corrected chi connectivity index (χ2v) is 8.59. The monoisotopic (exact) mass is 501 g/mol. The van der Waals surface area contributed by atoms with Crippen LogP contribution in [0.2, 0.25) is 0 Å². The van der Waals surface area contributed by atoms with Crippen LogP contribution in [0.25, 0.3) is 5.70 Å². The zero-order chi connectivity index (χ0) is 25.3. The standard InChI is InChI=1S/C24H31N5O3.CH4S.CH4/c1-24(32,16-30)20-5-3-9-28(14-20)13-19-8-7-18(11-23(19)31)22(26)15-29(27)21-6-2-4-17(10-21)12-25;1-2;/h2,4,6-8,10-11,15,20,30-32H,3,5,9,13-14,16,26-27H2,1H3;2H,1H3;1H4/b22-15-;;/t20?,24-;;/m1../s1. The van der Waals surface area contributed by atoms with Crippen molar-refractivity contribution in [2.75, 3.05) is 31.0 Å². The van der Waals surface area contributed by atoms with Crippen molar-refractivity contribution < 1.29 is 15.3 Å². The minimum Gasteiger partial charge on any atom is -0.508 e. The number of aromatic hydroxyl groups is 1. The first-order valence-electron chi connectivity index (χ1n) is 11.1. The van der Waals surface area contributed by atoms with E-state index in [1.807, 2.05) is 12.1 Å². The number of rotatable bonds is 7. The molecule has 1 unspecified atom stereocenters. The normalized spacial score (nSPS) is 17.7. The largest absolute Gasteiger partial charge is 0.508 e. The van der Waals surface area contributed by atoms with E-state index in [0.717, 1.165) is 24.9 Å². The van der Waals surface area contributed by atoms with Crippen LogP contribution in [0.5, 0.6) is 5.75 Å². The first-order valence-corrected chi connectivity index (χ1v) is 12.0. The van der Waals surface area contributed by atoms with Gasteiger partial charge in [-0.3, -0.25) is 9.91 Å². The van der Waals surface area contributed by atoms with Crippen molar-refractivity contribution in [2.45, 2.75) is 39.3 Å². The van der Waals surface area contributed by atoms with Gasteiger partial charge >= 0.3 is 0 Å². The number of hydrogen-bond acceptors (Lipinski definition) is 9. The van der Waals surface area contributed by atoms with Crippen LogP contribution in [0.1, 0.15) is 43.9 Å². The summed E-state index contributed by atoms with van der Waals surface area (Å²) in [5.74, 6) is 6.18. The summed E-state index contributed by atoms with van der Waals surface area (Å²) in [5.41, 5.74) is 7.95. The molecular weight excluding hydrogens is 462 g/mol. The Kier molecular flexibility index (Phi) is 12.1. The first kappa shape index (κ1) is 30.3. The third-order valence-corrected chi connectivity index (χ3v) is 6.07. The molecule has 9 heteroatoms. The molecule has 0 spiro atoms. The number of nitriles is 1. The highest BCUT2D eigenvalue weighted by molar-refractivity contribution is 7.79. The van der Waals surface area contributed by atoms with Crippen LogP contribution in [0.3, 0.4) is 0 Å². The van der Waals surface area contributed by atoms with Gasteiger partial charge in [0.05, 0.1) is 35.2 Å². The highest BCUT2D eigenvalue weighted by atomic mass is 32.1. The number of likely N-dealkylation sites (tertiary alicyclic amines) is 1. The summed E-state index contributed by atoms with van der Waals surface area (Å²) < 4.78 is 0. The maximum atomic E-state index is 10.6. The Morgan fingerprint density at radius 1 is 1.31 bits per heavy atom. The molecule has 1 fully saturated rings. The molecular formula is C26H39N5O3S. The van der Waals surface area contributed by atoms with Crippen molar-refractivity contribution in [1.82, 2.24) is 4.90 Å². The Hall–Kier alpha value is -2.74. The third kappa shape index (κ3) is 8.16. The van der Waals surface area contributed by atoms with E-state index in [2.05, 4.69) is 23.6 Å². The van der Waals surface area contributed by atoms with E-state index in [1.165, 1.54) is 11.2 Å². The van der Waals surface area contributed by atoms with Crippen LogP contribution >= 0.6 is 12.6 Å². The topological polar surface area (TPSA) is 143 Å². The molecule has 1 saturated heterocycles. The summed E-state index contributed by atoms with van der Waals surface area (Å²) >= 11 is 3.53. The summed E-state index contributed by atoms with van der Waals surface area (Å²) in [4.78, 5) is 2.18. The van der Waals surface area contributed by atoms with Crippen molar-refractivity contribution in [3.05, 3.63) is 65.4 Å². The molecule has 2 aromatic rings. The smallest absolute Gasteiger partial charge is 0.120 e. The number of aliphatic hydroxyl groups is 2. The number of aliphatic hydroxyl groups excluding tert-OH is 1. The van der Waals surface area contributed by atoms with Gasteiger partial charge in [-0.05, 0) is 56.8 Å². The van der Waals surface area contributed by atoms with Crippen molar-refractivity contribution in [3.63, 3.8) is 0 Å². The predicted octanol–water partition coefficient (Wildman–Crippen LogP) is 3.04. The maximum absolute atomic E-state index is 10.6. The average Bonchev–Trinajstić information content (AvgIpc) is 2.86. The quantitative estimate of drug-likeness (QED) is 0.193. The van der Waals surface area contributed by atoms with Crippen LogP contribution in [0.15, 0.2) is 48.7 Å². The number of piperidine rings is 1. The Bertz CT molecular complexity index is 1020. The number of hydrogen-bond donors (Lipinski definition) is 6. The number of benzene rings is 2. The number of nitrogens with zero attached hydrogens (tertiary/aromatic N) is 3. The summed E-state index contributed by atoms with van der Waals surface area (Å²) in [6.45, 7) is 3.46. The van der Waals surface area contributed by atoms with Crippen molar-refractivity contribution in [1.29, 1.82) is 5.26 Å². The molecule has 1 heterocycles. The molecule has 8 nitrogen and oxygen atoms in total. The molecule has 0 amide bonds. The molecule has 7 N–H and O–H groups in total. The van der Waals surface area contributed by atoms with E-state index in [4.69, 9.17) is 16.8 Å². The molecule has 192 valence electrons. The Labute approximate surface area is 214 Å². The fourth-order valence-electron chi connectivity index (χ4n) is 3.99. The molecule has 0 aromatic heterocycles. The molecule has 0 radical (unpaired) electrons. The van der Waals surface area contributed by atoms with Crippen LogP contribution in [0.4, 0.5) is 5.69 Å². The highest BCUT2D eigenvalue weighted by Gasteiger charge is 2.34. The molecule has 0 saturated carbocycles. The van der Waals surface area contributed by atoms with Gasteiger partial charge in [0.15, 0.2) is 0 Å². The molecule has 2 atom stereocenters. The number of hydrazine groups is 1. The molecule has 35 heavy (non-hydrogen) atoms. The van der Waals surface area contributed by atoms with Crippen LogP contribution in [0, 0.1) is 17.2 Å². The lowest BCUT2D eigenvalue weighted by Gasteiger charge is -2.39. The zero-order valence-electron chi connectivity index (χ0n) is 19.7. The number of anilines is 1. The first-order chi connectivity index (χ1) is 16.2. The van der Waals surface area contributed by atoms with Gasteiger partial charge in [-0.1, -0.05) is 25.6 Å². The second-order valence-electron chi connectivity index (χ2n) is 8.59. The van der Waals surface area contributed by atoms with Gasteiger partial charge in [0.2, 0.25) is 0 Å². The summed E-state index contributed by atoms with van der Waals surface area (Å²) in [6, 6.07) is 14.2. The molecule has 1 aliphatic rings.